The van der Waals surface area contributed by atoms with E-state index in [2.05, 4.69) is 10.1 Å². The number of esters is 1. The fraction of sp³-hybridized carbons (Fsp3) is 0.125. The molecule has 22 heavy (non-hydrogen) atoms. The molecule has 0 saturated heterocycles. The summed E-state index contributed by atoms with van der Waals surface area (Å²) in [5.41, 5.74) is 7.45. The van der Waals surface area contributed by atoms with Gasteiger partial charge in [0, 0.05) is 17.4 Å². The van der Waals surface area contributed by atoms with Crippen molar-refractivity contribution >= 4 is 23.3 Å². The lowest BCUT2D eigenvalue weighted by atomic mass is 10.1. The summed E-state index contributed by atoms with van der Waals surface area (Å²) in [4.78, 5) is 23.5. The molecule has 0 unspecified atom stereocenters. The van der Waals surface area contributed by atoms with Gasteiger partial charge in [-0.05, 0) is 36.4 Å². The van der Waals surface area contributed by atoms with Crippen LogP contribution in [0.4, 0.5) is 11.4 Å². The number of hydrogen-bond acceptors (Lipinski definition) is 5. The molecule has 0 atom stereocenters. The molecule has 0 radical (unpaired) electrons. The lowest BCUT2D eigenvalue weighted by molar-refractivity contribution is 0.0600. The molecule has 0 aliphatic carbocycles. The molecule has 0 aliphatic rings. The summed E-state index contributed by atoms with van der Waals surface area (Å²) >= 11 is 0. The van der Waals surface area contributed by atoms with Gasteiger partial charge in [-0.2, -0.15) is 0 Å². The molecular formula is C16H16N2O4. The van der Waals surface area contributed by atoms with E-state index in [0.29, 0.717) is 28.3 Å². The van der Waals surface area contributed by atoms with E-state index >= 15 is 0 Å². The Kier molecular flexibility index (Phi) is 4.63. The van der Waals surface area contributed by atoms with Crippen molar-refractivity contribution in [2.24, 2.45) is 0 Å². The van der Waals surface area contributed by atoms with E-state index in [1.165, 1.54) is 14.2 Å². The molecule has 0 aromatic heterocycles. The van der Waals surface area contributed by atoms with E-state index in [9.17, 15) is 9.59 Å². The second-order valence-corrected chi connectivity index (χ2v) is 4.48. The molecule has 0 bridgehead atoms. The summed E-state index contributed by atoms with van der Waals surface area (Å²) in [7, 11) is 2.84. The Balaban J connectivity index is 2.13. The highest BCUT2D eigenvalue weighted by molar-refractivity contribution is 6.08. The zero-order valence-electron chi connectivity index (χ0n) is 12.3. The predicted octanol–water partition coefficient (Wildman–Crippen LogP) is 2.32. The molecule has 114 valence electrons. The lowest BCUT2D eigenvalue weighted by Gasteiger charge is -2.09. The topological polar surface area (TPSA) is 90.6 Å². The van der Waals surface area contributed by atoms with Crippen molar-refractivity contribution in [2.45, 2.75) is 0 Å². The van der Waals surface area contributed by atoms with Crippen molar-refractivity contribution in [1.29, 1.82) is 0 Å². The van der Waals surface area contributed by atoms with Gasteiger partial charge in [-0.25, -0.2) is 4.79 Å². The molecule has 0 spiro atoms. The van der Waals surface area contributed by atoms with Crippen molar-refractivity contribution in [3.63, 3.8) is 0 Å². The number of rotatable bonds is 4. The van der Waals surface area contributed by atoms with E-state index in [1.807, 2.05) is 0 Å². The number of carbonyl (C=O) groups excluding carboxylic acids is 2. The molecule has 2 rings (SSSR count). The van der Waals surface area contributed by atoms with Crippen LogP contribution in [0.15, 0.2) is 42.5 Å². The van der Waals surface area contributed by atoms with Gasteiger partial charge in [-0.3, -0.25) is 4.79 Å². The zero-order valence-corrected chi connectivity index (χ0v) is 12.3. The first-order valence-corrected chi connectivity index (χ1v) is 6.48. The normalized spacial score (nSPS) is 9.91. The Bertz CT molecular complexity index is 696. The maximum Gasteiger partial charge on any atom is 0.337 e. The second kappa shape index (κ2) is 6.62. The SMILES string of the molecule is COC(=O)c1ccc(NC(=O)c2ccc(OC)cc2N)cc1. The van der Waals surface area contributed by atoms with Crippen molar-refractivity contribution < 1.29 is 19.1 Å². The van der Waals surface area contributed by atoms with Crippen LogP contribution in [0.2, 0.25) is 0 Å². The van der Waals surface area contributed by atoms with Gasteiger partial charge in [0.05, 0.1) is 25.3 Å². The van der Waals surface area contributed by atoms with Crippen LogP contribution in [0.1, 0.15) is 20.7 Å². The molecule has 0 heterocycles. The van der Waals surface area contributed by atoms with Crippen LogP contribution >= 0.6 is 0 Å². The number of anilines is 2. The van der Waals surface area contributed by atoms with Gasteiger partial charge in [-0.1, -0.05) is 0 Å². The summed E-state index contributed by atoms with van der Waals surface area (Å²) in [5, 5.41) is 2.71. The first-order chi connectivity index (χ1) is 10.5. The third-order valence-corrected chi connectivity index (χ3v) is 3.07. The minimum absolute atomic E-state index is 0.322. The van der Waals surface area contributed by atoms with Gasteiger partial charge < -0.3 is 20.5 Å². The van der Waals surface area contributed by atoms with Crippen LogP contribution in [0, 0.1) is 0 Å². The first kappa shape index (κ1) is 15.4. The highest BCUT2D eigenvalue weighted by Gasteiger charge is 2.11. The number of amides is 1. The van der Waals surface area contributed by atoms with Crippen LogP contribution in [-0.4, -0.2) is 26.1 Å². The quantitative estimate of drug-likeness (QED) is 0.668. The van der Waals surface area contributed by atoms with Crippen LogP contribution in [0.5, 0.6) is 5.75 Å². The molecule has 6 heteroatoms. The van der Waals surface area contributed by atoms with Crippen LogP contribution < -0.4 is 15.8 Å². The number of carbonyl (C=O) groups is 2. The van der Waals surface area contributed by atoms with E-state index in [-0.39, 0.29) is 5.91 Å². The highest BCUT2D eigenvalue weighted by Crippen LogP contribution is 2.21. The minimum atomic E-state index is -0.433. The van der Waals surface area contributed by atoms with Crippen molar-refractivity contribution in [2.75, 3.05) is 25.3 Å². The third-order valence-electron chi connectivity index (χ3n) is 3.07. The van der Waals surface area contributed by atoms with Gasteiger partial charge in [0.25, 0.3) is 5.91 Å². The van der Waals surface area contributed by atoms with Crippen LogP contribution in [-0.2, 0) is 4.74 Å². The number of benzene rings is 2. The van der Waals surface area contributed by atoms with Crippen LogP contribution in [0.3, 0.4) is 0 Å². The van der Waals surface area contributed by atoms with Gasteiger partial charge in [-0.15, -0.1) is 0 Å². The Hall–Kier alpha value is -3.02. The summed E-state index contributed by atoms with van der Waals surface area (Å²) in [6.45, 7) is 0. The fourth-order valence-electron chi connectivity index (χ4n) is 1.88. The summed E-state index contributed by atoms with van der Waals surface area (Å²) < 4.78 is 9.65. The van der Waals surface area contributed by atoms with Gasteiger partial charge in [0.1, 0.15) is 5.75 Å². The Morgan fingerprint density at radius 3 is 2.27 bits per heavy atom. The zero-order chi connectivity index (χ0) is 16.1. The Labute approximate surface area is 127 Å². The highest BCUT2D eigenvalue weighted by atomic mass is 16.5. The summed E-state index contributed by atoms with van der Waals surface area (Å²) in [6, 6.07) is 11.2. The molecule has 2 aromatic carbocycles. The Morgan fingerprint density at radius 2 is 1.73 bits per heavy atom. The molecule has 3 N–H and O–H groups in total. The molecule has 1 amide bonds. The van der Waals surface area contributed by atoms with Crippen molar-refractivity contribution in [1.82, 2.24) is 0 Å². The summed E-state index contributed by atoms with van der Waals surface area (Å²) in [5.74, 6) is -0.195. The van der Waals surface area contributed by atoms with Crippen molar-refractivity contribution in [3.8, 4) is 5.75 Å². The van der Waals surface area contributed by atoms with Crippen molar-refractivity contribution in [3.05, 3.63) is 53.6 Å². The summed E-state index contributed by atoms with van der Waals surface area (Å²) in [6.07, 6.45) is 0. The average Bonchev–Trinajstić information content (AvgIpc) is 2.54. The Morgan fingerprint density at radius 1 is 1.05 bits per heavy atom. The maximum atomic E-state index is 12.2. The number of methoxy groups -OCH3 is 2. The van der Waals surface area contributed by atoms with E-state index < -0.39 is 5.97 Å². The third kappa shape index (κ3) is 3.35. The number of hydrogen-bond donors (Lipinski definition) is 2. The van der Waals surface area contributed by atoms with E-state index in [4.69, 9.17) is 10.5 Å². The molecule has 6 nitrogen and oxygen atoms in total. The standard InChI is InChI=1S/C16H16N2O4/c1-21-12-7-8-13(14(17)9-12)15(19)18-11-5-3-10(4-6-11)16(20)22-2/h3-9H,17H2,1-2H3,(H,18,19). The smallest absolute Gasteiger partial charge is 0.337 e. The maximum absolute atomic E-state index is 12.2. The molecule has 0 fully saturated rings. The van der Waals surface area contributed by atoms with Crippen LogP contribution in [0.25, 0.3) is 0 Å². The van der Waals surface area contributed by atoms with Gasteiger partial charge in [0.2, 0.25) is 0 Å². The first-order valence-electron chi connectivity index (χ1n) is 6.48. The van der Waals surface area contributed by atoms with Gasteiger partial charge >= 0.3 is 5.97 Å². The predicted molar refractivity (Wildman–Crippen MR) is 83.1 cm³/mol. The van der Waals surface area contributed by atoms with Gasteiger partial charge in [0.15, 0.2) is 0 Å². The van der Waals surface area contributed by atoms with E-state index in [0.717, 1.165) is 0 Å². The molecule has 2 aromatic rings. The minimum Gasteiger partial charge on any atom is -0.497 e. The van der Waals surface area contributed by atoms with E-state index in [1.54, 1.807) is 42.5 Å². The molecular weight excluding hydrogens is 284 g/mol. The largest absolute Gasteiger partial charge is 0.497 e. The molecule has 0 aliphatic heterocycles. The number of nitrogens with two attached hydrogens (primary N) is 1. The number of ether oxygens (including phenoxy) is 2. The number of nitrogens with one attached hydrogen (secondary N) is 1. The number of nitrogen functional groups attached to an aromatic ring is 1. The monoisotopic (exact) mass is 300 g/mol. The second-order valence-electron chi connectivity index (χ2n) is 4.48. The average molecular weight is 300 g/mol. The fourth-order valence-corrected chi connectivity index (χ4v) is 1.88. The molecule has 0 saturated carbocycles. The lowest BCUT2D eigenvalue weighted by Crippen LogP contribution is -2.14.